The number of ether oxygens (including phenoxy) is 1. The number of methoxy groups -OCH3 is 1. The molecular weight excluding hydrogens is 218 g/mol. The average Bonchev–Trinajstić information content (AvgIpc) is 2.68. The summed E-state index contributed by atoms with van der Waals surface area (Å²) >= 11 is 0. The summed E-state index contributed by atoms with van der Waals surface area (Å²) < 4.78 is 5.45. The van der Waals surface area contributed by atoms with E-state index in [1.165, 1.54) is 12.8 Å². The Balaban J connectivity index is 2.80. The lowest BCUT2D eigenvalue weighted by atomic mass is 9.83. The zero-order chi connectivity index (χ0) is 13.1. The summed E-state index contributed by atoms with van der Waals surface area (Å²) in [5.41, 5.74) is -0.589. The summed E-state index contributed by atoms with van der Waals surface area (Å²) in [5, 5.41) is 9.11. The molecule has 0 bridgehead atoms. The Morgan fingerprint density at radius 2 is 1.82 bits per heavy atom. The summed E-state index contributed by atoms with van der Waals surface area (Å²) in [6, 6.07) is 0. The molecule has 0 saturated carbocycles. The quantitative estimate of drug-likeness (QED) is 0.776. The Morgan fingerprint density at radius 3 is 2.24 bits per heavy atom. The van der Waals surface area contributed by atoms with Gasteiger partial charge >= 0.3 is 5.97 Å². The van der Waals surface area contributed by atoms with Crippen molar-refractivity contribution in [2.75, 3.05) is 20.2 Å². The lowest BCUT2D eigenvalue weighted by Crippen LogP contribution is -2.50. The molecule has 17 heavy (non-hydrogen) atoms. The molecular formula is C13H25NO3. The number of hydrogen-bond donors (Lipinski definition) is 1. The molecule has 1 saturated heterocycles. The van der Waals surface area contributed by atoms with Crippen LogP contribution in [0.15, 0.2) is 0 Å². The van der Waals surface area contributed by atoms with E-state index in [-0.39, 0.29) is 17.6 Å². The maximum Gasteiger partial charge on any atom is 0.305 e. The minimum absolute atomic E-state index is 0.180. The van der Waals surface area contributed by atoms with Crippen LogP contribution in [-0.4, -0.2) is 47.3 Å². The van der Waals surface area contributed by atoms with Gasteiger partial charge in [-0.15, -0.1) is 0 Å². The number of likely N-dealkylation sites (tertiary alicyclic amines) is 1. The first-order valence-corrected chi connectivity index (χ1v) is 6.31. The SMILES string of the molecule is COC(C)(C)CC(C)(CC(=O)O)N1CCCC1. The smallest absolute Gasteiger partial charge is 0.305 e. The zero-order valence-corrected chi connectivity index (χ0v) is 11.5. The van der Waals surface area contributed by atoms with Crippen LogP contribution in [0.3, 0.4) is 0 Å². The van der Waals surface area contributed by atoms with E-state index in [0.29, 0.717) is 0 Å². The number of nitrogens with zero attached hydrogens (tertiary/aromatic N) is 1. The number of carboxylic acid groups (broad SMARTS) is 1. The minimum Gasteiger partial charge on any atom is -0.481 e. The van der Waals surface area contributed by atoms with Gasteiger partial charge in [-0.25, -0.2) is 0 Å². The summed E-state index contributed by atoms with van der Waals surface area (Å²) in [6.45, 7) is 8.09. The molecule has 0 aromatic rings. The van der Waals surface area contributed by atoms with Gasteiger partial charge in [-0.3, -0.25) is 9.69 Å². The largest absolute Gasteiger partial charge is 0.481 e. The molecule has 100 valence electrons. The van der Waals surface area contributed by atoms with E-state index in [1.54, 1.807) is 7.11 Å². The van der Waals surface area contributed by atoms with Crippen LogP contribution in [0.25, 0.3) is 0 Å². The van der Waals surface area contributed by atoms with E-state index in [9.17, 15) is 4.79 Å². The first-order valence-electron chi connectivity index (χ1n) is 6.31. The lowest BCUT2D eigenvalue weighted by Gasteiger charge is -2.42. The van der Waals surface area contributed by atoms with Gasteiger partial charge in [0, 0.05) is 12.6 Å². The Bertz CT molecular complexity index is 272. The van der Waals surface area contributed by atoms with Gasteiger partial charge in [0.2, 0.25) is 0 Å². The molecule has 1 aliphatic heterocycles. The van der Waals surface area contributed by atoms with Crippen molar-refractivity contribution in [2.24, 2.45) is 0 Å². The second-order valence-corrected chi connectivity index (χ2v) is 5.90. The highest BCUT2D eigenvalue weighted by Crippen LogP contribution is 2.33. The van der Waals surface area contributed by atoms with Crippen LogP contribution in [0.1, 0.15) is 46.5 Å². The Hall–Kier alpha value is -0.610. The number of aliphatic carboxylic acids is 1. The first kappa shape index (κ1) is 14.5. The summed E-state index contributed by atoms with van der Waals surface area (Å²) in [7, 11) is 1.69. The van der Waals surface area contributed by atoms with Crippen molar-refractivity contribution in [1.29, 1.82) is 0 Å². The van der Waals surface area contributed by atoms with Crippen LogP contribution in [0.5, 0.6) is 0 Å². The van der Waals surface area contributed by atoms with Crippen molar-refractivity contribution in [3.63, 3.8) is 0 Å². The highest BCUT2D eigenvalue weighted by molar-refractivity contribution is 5.68. The molecule has 1 N–H and O–H groups in total. The molecule has 1 heterocycles. The molecule has 0 aromatic carbocycles. The van der Waals surface area contributed by atoms with Crippen LogP contribution in [0.4, 0.5) is 0 Å². The predicted octanol–water partition coefficient (Wildman–Crippen LogP) is 2.13. The van der Waals surface area contributed by atoms with Gasteiger partial charge in [-0.2, -0.15) is 0 Å². The fraction of sp³-hybridized carbons (Fsp3) is 0.923. The van der Waals surface area contributed by atoms with Gasteiger partial charge in [-0.1, -0.05) is 0 Å². The highest BCUT2D eigenvalue weighted by atomic mass is 16.5. The topological polar surface area (TPSA) is 49.8 Å². The van der Waals surface area contributed by atoms with E-state index in [0.717, 1.165) is 19.5 Å². The van der Waals surface area contributed by atoms with Gasteiger partial charge in [0.05, 0.1) is 12.0 Å². The second-order valence-electron chi connectivity index (χ2n) is 5.90. The van der Waals surface area contributed by atoms with Gasteiger partial charge in [0.15, 0.2) is 0 Å². The molecule has 0 aliphatic carbocycles. The molecule has 4 heteroatoms. The fourth-order valence-corrected chi connectivity index (χ4v) is 2.86. The molecule has 1 rings (SSSR count). The van der Waals surface area contributed by atoms with E-state index in [4.69, 9.17) is 9.84 Å². The predicted molar refractivity (Wildman–Crippen MR) is 67.2 cm³/mol. The third kappa shape index (κ3) is 3.96. The third-order valence-corrected chi connectivity index (χ3v) is 3.76. The highest BCUT2D eigenvalue weighted by Gasteiger charge is 2.40. The minimum atomic E-state index is -0.730. The first-order chi connectivity index (χ1) is 7.79. The Morgan fingerprint density at radius 1 is 1.29 bits per heavy atom. The monoisotopic (exact) mass is 243 g/mol. The molecule has 1 atom stereocenters. The number of hydrogen-bond acceptors (Lipinski definition) is 3. The van der Waals surface area contributed by atoms with Gasteiger partial charge < -0.3 is 9.84 Å². The van der Waals surface area contributed by atoms with Crippen LogP contribution < -0.4 is 0 Å². The summed E-state index contributed by atoms with van der Waals surface area (Å²) in [6.07, 6.45) is 3.26. The van der Waals surface area contributed by atoms with Crippen molar-refractivity contribution in [1.82, 2.24) is 4.90 Å². The van der Waals surface area contributed by atoms with Crippen molar-refractivity contribution < 1.29 is 14.6 Å². The number of carbonyl (C=O) groups is 1. The van der Waals surface area contributed by atoms with Crippen LogP contribution >= 0.6 is 0 Å². The number of carboxylic acids is 1. The Kier molecular flexibility index (Phi) is 4.55. The van der Waals surface area contributed by atoms with E-state index >= 15 is 0 Å². The molecule has 1 aliphatic rings. The molecule has 0 radical (unpaired) electrons. The van der Waals surface area contributed by atoms with E-state index in [1.807, 2.05) is 20.8 Å². The summed E-state index contributed by atoms with van der Waals surface area (Å²) in [4.78, 5) is 13.4. The Labute approximate surface area is 104 Å². The average molecular weight is 243 g/mol. The van der Waals surface area contributed by atoms with Crippen molar-refractivity contribution in [3.8, 4) is 0 Å². The molecule has 0 amide bonds. The maximum atomic E-state index is 11.1. The van der Waals surface area contributed by atoms with Crippen LogP contribution in [0, 0.1) is 0 Å². The lowest BCUT2D eigenvalue weighted by molar-refractivity contribution is -0.141. The normalized spacial score (nSPS) is 21.4. The molecule has 1 fully saturated rings. The molecule has 0 aromatic heterocycles. The van der Waals surface area contributed by atoms with Gasteiger partial charge in [-0.05, 0) is 53.1 Å². The van der Waals surface area contributed by atoms with E-state index in [2.05, 4.69) is 4.90 Å². The summed E-state index contributed by atoms with van der Waals surface area (Å²) in [5.74, 6) is -0.730. The third-order valence-electron chi connectivity index (χ3n) is 3.76. The zero-order valence-electron chi connectivity index (χ0n) is 11.5. The van der Waals surface area contributed by atoms with Crippen LogP contribution in [0.2, 0.25) is 0 Å². The van der Waals surface area contributed by atoms with Crippen LogP contribution in [-0.2, 0) is 9.53 Å². The van der Waals surface area contributed by atoms with E-state index < -0.39 is 5.97 Å². The molecule has 1 unspecified atom stereocenters. The number of rotatable bonds is 6. The van der Waals surface area contributed by atoms with Gasteiger partial charge in [0.1, 0.15) is 0 Å². The van der Waals surface area contributed by atoms with Crippen molar-refractivity contribution in [3.05, 3.63) is 0 Å². The standard InChI is InChI=1S/C13H25NO3/c1-12(2,17-4)10-13(3,9-11(15)16)14-7-5-6-8-14/h5-10H2,1-4H3,(H,15,16). The van der Waals surface area contributed by atoms with Crippen molar-refractivity contribution >= 4 is 5.97 Å². The molecule has 4 nitrogen and oxygen atoms in total. The van der Waals surface area contributed by atoms with Crippen molar-refractivity contribution in [2.45, 2.75) is 57.6 Å². The van der Waals surface area contributed by atoms with Gasteiger partial charge in [0.25, 0.3) is 0 Å². The second kappa shape index (κ2) is 5.36. The fourth-order valence-electron chi connectivity index (χ4n) is 2.86. The molecule has 0 spiro atoms. The maximum absolute atomic E-state index is 11.1.